The van der Waals surface area contributed by atoms with Gasteiger partial charge in [0.15, 0.2) is 0 Å². The molecule has 3 N–H and O–H groups in total. The molecule has 0 aliphatic heterocycles. The van der Waals surface area contributed by atoms with Gasteiger partial charge in [-0.25, -0.2) is 15.8 Å². The first-order chi connectivity index (χ1) is 10.1. The third-order valence-corrected chi connectivity index (χ3v) is 3.81. The highest BCUT2D eigenvalue weighted by molar-refractivity contribution is 5.58. The van der Waals surface area contributed by atoms with Gasteiger partial charge in [0.05, 0.1) is 6.61 Å². The Morgan fingerprint density at radius 2 is 1.90 bits per heavy atom. The van der Waals surface area contributed by atoms with Crippen LogP contribution in [0.2, 0.25) is 0 Å². The first-order valence-electron chi connectivity index (χ1n) is 7.72. The molecule has 1 rings (SSSR count). The minimum atomic E-state index is 0.434. The van der Waals surface area contributed by atoms with Crippen molar-refractivity contribution >= 4 is 11.6 Å². The molecule has 0 aliphatic carbocycles. The van der Waals surface area contributed by atoms with E-state index in [1.807, 2.05) is 13.8 Å². The van der Waals surface area contributed by atoms with Crippen molar-refractivity contribution in [1.82, 2.24) is 9.97 Å². The molecule has 1 aromatic rings. The van der Waals surface area contributed by atoms with Gasteiger partial charge in [-0.15, -0.1) is 0 Å². The van der Waals surface area contributed by atoms with E-state index in [2.05, 4.69) is 29.2 Å². The van der Waals surface area contributed by atoms with Crippen LogP contribution in [0.25, 0.3) is 0 Å². The Bertz CT molecular complexity index is 434. The van der Waals surface area contributed by atoms with Crippen molar-refractivity contribution in [1.29, 1.82) is 0 Å². The lowest BCUT2D eigenvalue weighted by molar-refractivity contribution is 0.202. The molecule has 0 unspecified atom stereocenters. The lowest BCUT2D eigenvalue weighted by atomic mass is 10.1. The Hall–Kier alpha value is -1.40. The summed E-state index contributed by atoms with van der Waals surface area (Å²) in [6.07, 6.45) is 2.91. The van der Waals surface area contributed by atoms with Crippen LogP contribution in [0.4, 0.5) is 11.6 Å². The molecule has 0 fully saturated rings. The van der Waals surface area contributed by atoms with Crippen LogP contribution in [0, 0.1) is 6.92 Å². The fourth-order valence-corrected chi connectivity index (χ4v) is 2.51. The van der Waals surface area contributed by atoms with E-state index >= 15 is 0 Å². The molecular weight excluding hydrogens is 266 g/mol. The number of nitrogens with zero attached hydrogens (tertiary/aromatic N) is 3. The summed E-state index contributed by atoms with van der Waals surface area (Å²) < 4.78 is 5.26. The molecule has 21 heavy (non-hydrogen) atoms. The van der Waals surface area contributed by atoms with Crippen molar-refractivity contribution < 1.29 is 4.74 Å². The zero-order valence-electron chi connectivity index (χ0n) is 13.9. The van der Waals surface area contributed by atoms with Gasteiger partial charge in [0.1, 0.15) is 17.5 Å². The van der Waals surface area contributed by atoms with Gasteiger partial charge < -0.3 is 15.1 Å². The van der Waals surface area contributed by atoms with Gasteiger partial charge in [-0.2, -0.15) is 0 Å². The molecule has 0 bridgehead atoms. The minimum absolute atomic E-state index is 0.434. The largest absolute Gasteiger partial charge is 0.383 e. The number of aromatic nitrogens is 2. The Labute approximate surface area is 128 Å². The number of aryl methyl sites for hydroxylation is 1. The summed E-state index contributed by atoms with van der Waals surface area (Å²) >= 11 is 0. The number of rotatable bonds is 9. The first kappa shape index (κ1) is 17.7. The second kappa shape index (κ2) is 8.79. The molecule has 120 valence electrons. The molecule has 1 aromatic heterocycles. The molecule has 6 nitrogen and oxygen atoms in total. The number of nitrogen functional groups attached to an aromatic ring is 1. The summed E-state index contributed by atoms with van der Waals surface area (Å²) in [5.41, 5.74) is 3.67. The van der Waals surface area contributed by atoms with Crippen molar-refractivity contribution in [2.45, 2.75) is 53.0 Å². The molecule has 0 atom stereocenters. The van der Waals surface area contributed by atoms with Gasteiger partial charge in [0, 0.05) is 31.7 Å². The highest BCUT2D eigenvalue weighted by Crippen LogP contribution is 2.26. The normalized spacial score (nSPS) is 11.0. The zero-order chi connectivity index (χ0) is 15.8. The van der Waals surface area contributed by atoms with Crippen LogP contribution in [0.15, 0.2) is 0 Å². The molecule has 0 saturated carbocycles. The van der Waals surface area contributed by atoms with Crippen LogP contribution in [0.5, 0.6) is 0 Å². The summed E-state index contributed by atoms with van der Waals surface area (Å²) in [7, 11) is 1.72. The summed E-state index contributed by atoms with van der Waals surface area (Å²) in [6.45, 7) is 9.94. The van der Waals surface area contributed by atoms with E-state index in [0.29, 0.717) is 18.5 Å². The van der Waals surface area contributed by atoms with Crippen LogP contribution in [-0.4, -0.2) is 36.3 Å². The fourth-order valence-electron chi connectivity index (χ4n) is 2.51. The number of hydrogen-bond acceptors (Lipinski definition) is 6. The average molecular weight is 295 g/mol. The topological polar surface area (TPSA) is 76.3 Å². The maximum atomic E-state index is 5.60. The van der Waals surface area contributed by atoms with Crippen LogP contribution < -0.4 is 16.2 Å². The molecule has 0 saturated heterocycles. The standard InChI is InChI=1S/C15H29N5O/c1-6-12(7-2)20(9-10-21-5)15-11(4)14(19-16)17-13(8-3)18-15/h12H,6-10,16H2,1-5H3,(H,17,18,19). The highest BCUT2D eigenvalue weighted by Gasteiger charge is 2.21. The van der Waals surface area contributed by atoms with Crippen molar-refractivity contribution in [2.24, 2.45) is 5.84 Å². The number of nitrogens with one attached hydrogen (secondary N) is 1. The molecule has 1 heterocycles. The lowest BCUT2D eigenvalue weighted by Gasteiger charge is -2.33. The predicted octanol–water partition coefficient (Wildman–Crippen LogP) is 2.27. The number of hydrogen-bond donors (Lipinski definition) is 2. The van der Waals surface area contributed by atoms with E-state index in [9.17, 15) is 0 Å². The van der Waals surface area contributed by atoms with Crippen molar-refractivity contribution in [3.8, 4) is 0 Å². The number of methoxy groups -OCH3 is 1. The van der Waals surface area contributed by atoms with Crippen molar-refractivity contribution in [3.63, 3.8) is 0 Å². The number of nitrogens with two attached hydrogens (primary N) is 1. The monoisotopic (exact) mass is 295 g/mol. The van der Waals surface area contributed by atoms with Gasteiger partial charge in [-0.1, -0.05) is 20.8 Å². The van der Waals surface area contributed by atoms with E-state index in [1.165, 1.54) is 0 Å². The van der Waals surface area contributed by atoms with Gasteiger partial charge in [0.2, 0.25) is 0 Å². The van der Waals surface area contributed by atoms with E-state index in [1.54, 1.807) is 7.11 Å². The van der Waals surface area contributed by atoms with Gasteiger partial charge >= 0.3 is 0 Å². The van der Waals surface area contributed by atoms with E-state index < -0.39 is 0 Å². The quantitative estimate of drug-likeness (QED) is 0.537. The second-order valence-corrected chi connectivity index (χ2v) is 5.09. The van der Waals surface area contributed by atoms with Gasteiger partial charge in [0.25, 0.3) is 0 Å². The maximum Gasteiger partial charge on any atom is 0.148 e. The smallest absolute Gasteiger partial charge is 0.148 e. The third-order valence-electron chi connectivity index (χ3n) is 3.81. The van der Waals surface area contributed by atoms with Crippen molar-refractivity contribution in [2.75, 3.05) is 30.6 Å². The van der Waals surface area contributed by atoms with E-state index in [-0.39, 0.29) is 0 Å². The maximum absolute atomic E-state index is 5.60. The third kappa shape index (κ3) is 4.28. The Morgan fingerprint density at radius 1 is 1.24 bits per heavy atom. The zero-order valence-corrected chi connectivity index (χ0v) is 13.9. The molecule has 0 aromatic carbocycles. The second-order valence-electron chi connectivity index (χ2n) is 5.09. The van der Waals surface area contributed by atoms with Crippen LogP contribution in [0.1, 0.15) is 45.0 Å². The van der Waals surface area contributed by atoms with Crippen LogP contribution in [-0.2, 0) is 11.2 Å². The van der Waals surface area contributed by atoms with Crippen molar-refractivity contribution in [3.05, 3.63) is 11.4 Å². The Balaban J connectivity index is 3.27. The minimum Gasteiger partial charge on any atom is -0.383 e. The highest BCUT2D eigenvalue weighted by atomic mass is 16.5. The average Bonchev–Trinajstić information content (AvgIpc) is 2.52. The number of anilines is 2. The van der Waals surface area contributed by atoms with Gasteiger partial charge in [-0.05, 0) is 19.8 Å². The number of ether oxygens (including phenoxy) is 1. The molecule has 0 amide bonds. The lowest BCUT2D eigenvalue weighted by Crippen LogP contribution is -2.38. The fraction of sp³-hybridized carbons (Fsp3) is 0.733. The summed E-state index contributed by atoms with van der Waals surface area (Å²) in [4.78, 5) is 11.5. The Kier molecular flexibility index (Phi) is 7.39. The molecule has 0 spiro atoms. The van der Waals surface area contributed by atoms with Crippen LogP contribution in [0.3, 0.4) is 0 Å². The van der Waals surface area contributed by atoms with E-state index in [4.69, 9.17) is 15.6 Å². The summed E-state index contributed by atoms with van der Waals surface area (Å²) in [5, 5.41) is 0. The molecular formula is C15H29N5O. The SMILES string of the molecule is CCc1nc(NN)c(C)c(N(CCOC)C(CC)CC)n1. The predicted molar refractivity (Wildman–Crippen MR) is 87.5 cm³/mol. The van der Waals surface area contributed by atoms with E-state index in [0.717, 1.165) is 43.0 Å². The number of hydrazine groups is 1. The Morgan fingerprint density at radius 3 is 2.38 bits per heavy atom. The molecule has 0 aliphatic rings. The van der Waals surface area contributed by atoms with Gasteiger partial charge in [-0.3, -0.25) is 0 Å². The summed E-state index contributed by atoms with van der Waals surface area (Å²) in [6, 6.07) is 0.434. The molecule has 6 heteroatoms. The summed E-state index contributed by atoms with van der Waals surface area (Å²) in [5.74, 6) is 8.06. The molecule has 0 radical (unpaired) electrons. The van der Waals surface area contributed by atoms with Crippen LogP contribution >= 0.6 is 0 Å². The first-order valence-corrected chi connectivity index (χ1v) is 7.72.